The molecule has 0 radical (unpaired) electrons. The minimum absolute atomic E-state index is 0.599. The Bertz CT molecular complexity index is 573. The molecule has 2 rings (SSSR count). The van der Waals surface area contributed by atoms with Crippen LogP contribution in [0.5, 0.6) is 0 Å². The summed E-state index contributed by atoms with van der Waals surface area (Å²) < 4.78 is 0.863. The highest BCUT2D eigenvalue weighted by Gasteiger charge is 2.10. The van der Waals surface area contributed by atoms with Crippen molar-refractivity contribution in [1.82, 2.24) is 15.0 Å². The zero-order valence-corrected chi connectivity index (χ0v) is 12.8. The third-order valence-corrected chi connectivity index (χ3v) is 3.22. The van der Waals surface area contributed by atoms with Crippen molar-refractivity contribution in [3.63, 3.8) is 0 Å². The first-order valence-electron chi connectivity index (χ1n) is 5.94. The van der Waals surface area contributed by atoms with E-state index in [-0.39, 0.29) is 0 Å². The SMILES string of the molecule is CNc1ncc(Br)c(N(C)Cc2cccc(C)n2)n1. The van der Waals surface area contributed by atoms with Gasteiger partial charge < -0.3 is 10.2 Å². The number of nitrogens with zero attached hydrogens (tertiary/aromatic N) is 4. The molecule has 6 heteroatoms. The predicted molar refractivity (Wildman–Crippen MR) is 80.4 cm³/mol. The van der Waals surface area contributed by atoms with Gasteiger partial charge in [0.2, 0.25) is 5.95 Å². The molecule has 0 aliphatic rings. The first-order chi connectivity index (χ1) is 9.10. The third kappa shape index (κ3) is 3.41. The molecule has 19 heavy (non-hydrogen) atoms. The monoisotopic (exact) mass is 321 g/mol. The van der Waals surface area contributed by atoms with Crippen molar-refractivity contribution in [3.05, 3.63) is 40.3 Å². The number of nitrogens with one attached hydrogen (secondary N) is 1. The van der Waals surface area contributed by atoms with Gasteiger partial charge in [0.15, 0.2) is 0 Å². The average Bonchev–Trinajstić information content (AvgIpc) is 2.39. The summed E-state index contributed by atoms with van der Waals surface area (Å²) >= 11 is 3.47. The summed E-state index contributed by atoms with van der Waals surface area (Å²) in [5.74, 6) is 1.44. The van der Waals surface area contributed by atoms with Gasteiger partial charge in [0, 0.05) is 26.0 Å². The molecule has 0 saturated heterocycles. The van der Waals surface area contributed by atoms with Crippen LogP contribution in [0.15, 0.2) is 28.9 Å². The van der Waals surface area contributed by atoms with Crippen LogP contribution >= 0.6 is 15.9 Å². The molecular formula is C13H16BrN5. The van der Waals surface area contributed by atoms with E-state index in [1.54, 1.807) is 13.2 Å². The quantitative estimate of drug-likeness (QED) is 0.938. The maximum Gasteiger partial charge on any atom is 0.224 e. The first-order valence-corrected chi connectivity index (χ1v) is 6.73. The lowest BCUT2D eigenvalue weighted by Crippen LogP contribution is -2.19. The molecule has 100 valence electrons. The minimum atomic E-state index is 0.599. The fourth-order valence-corrected chi connectivity index (χ4v) is 2.25. The number of aryl methyl sites for hydroxylation is 1. The highest BCUT2D eigenvalue weighted by atomic mass is 79.9. The molecule has 0 aliphatic carbocycles. The molecule has 2 heterocycles. The van der Waals surface area contributed by atoms with E-state index in [4.69, 9.17) is 0 Å². The topological polar surface area (TPSA) is 53.9 Å². The molecule has 0 atom stereocenters. The van der Waals surface area contributed by atoms with Crippen LogP contribution in [0.1, 0.15) is 11.4 Å². The van der Waals surface area contributed by atoms with Crippen LogP contribution < -0.4 is 10.2 Å². The minimum Gasteiger partial charge on any atom is -0.357 e. The third-order valence-electron chi connectivity index (χ3n) is 2.66. The van der Waals surface area contributed by atoms with Crippen LogP contribution in [0.2, 0.25) is 0 Å². The van der Waals surface area contributed by atoms with E-state index in [1.165, 1.54) is 0 Å². The second-order valence-electron chi connectivity index (χ2n) is 4.24. The number of rotatable bonds is 4. The van der Waals surface area contributed by atoms with Gasteiger partial charge in [-0.2, -0.15) is 4.98 Å². The zero-order chi connectivity index (χ0) is 13.8. The van der Waals surface area contributed by atoms with Gasteiger partial charge in [0.1, 0.15) is 5.82 Å². The number of aromatic nitrogens is 3. The molecule has 0 bridgehead atoms. The summed E-state index contributed by atoms with van der Waals surface area (Å²) in [7, 11) is 3.78. The molecule has 5 nitrogen and oxygen atoms in total. The number of pyridine rings is 1. The van der Waals surface area contributed by atoms with Crippen LogP contribution in [0.25, 0.3) is 0 Å². The van der Waals surface area contributed by atoms with Gasteiger partial charge in [-0.05, 0) is 35.0 Å². The lowest BCUT2D eigenvalue weighted by atomic mass is 10.3. The lowest BCUT2D eigenvalue weighted by Gasteiger charge is -2.19. The Hall–Kier alpha value is -1.69. The summed E-state index contributed by atoms with van der Waals surface area (Å²) in [6.45, 7) is 2.68. The van der Waals surface area contributed by atoms with Gasteiger partial charge >= 0.3 is 0 Å². The van der Waals surface area contributed by atoms with Crippen molar-refractivity contribution in [2.75, 3.05) is 24.3 Å². The van der Waals surface area contributed by atoms with Crippen molar-refractivity contribution < 1.29 is 0 Å². The summed E-state index contributed by atoms with van der Waals surface area (Å²) in [6.07, 6.45) is 1.74. The van der Waals surface area contributed by atoms with E-state index >= 15 is 0 Å². The number of halogens is 1. The molecular weight excluding hydrogens is 306 g/mol. The Morgan fingerprint density at radius 2 is 2.11 bits per heavy atom. The highest BCUT2D eigenvalue weighted by molar-refractivity contribution is 9.10. The van der Waals surface area contributed by atoms with Gasteiger partial charge in [0.25, 0.3) is 0 Å². The standard InChI is InChI=1S/C13H16BrN5/c1-9-5-4-6-10(17-9)8-19(3)12-11(14)7-16-13(15-2)18-12/h4-7H,8H2,1-3H3,(H,15,16,18). The van der Waals surface area contributed by atoms with Crippen molar-refractivity contribution in [2.24, 2.45) is 0 Å². The smallest absolute Gasteiger partial charge is 0.224 e. The van der Waals surface area contributed by atoms with Crippen molar-refractivity contribution in [2.45, 2.75) is 13.5 Å². The predicted octanol–water partition coefficient (Wildman–Crippen LogP) is 2.62. The Morgan fingerprint density at radius 3 is 2.79 bits per heavy atom. The first kappa shape index (κ1) is 13.7. The van der Waals surface area contributed by atoms with Crippen molar-refractivity contribution in [1.29, 1.82) is 0 Å². The maximum absolute atomic E-state index is 4.49. The molecule has 0 amide bonds. The Kier molecular flexibility index (Phi) is 4.31. The van der Waals surface area contributed by atoms with E-state index in [0.29, 0.717) is 12.5 Å². The summed E-state index contributed by atoms with van der Waals surface area (Å²) in [4.78, 5) is 15.1. The number of hydrogen-bond donors (Lipinski definition) is 1. The molecule has 0 unspecified atom stereocenters. The van der Waals surface area contributed by atoms with Crippen molar-refractivity contribution in [3.8, 4) is 0 Å². The largest absolute Gasteiger partial charge is 0.357 e. The summed E-state index contributed by atoms with van der Waals surface area (Å²) in [6, 6.07) is 6.01. The van der Waals surface area contributed by atoms with Gasteiger partial charge in [-0.3, -0.25) is 4.98 Å². The summed E-state index contributed by atoms with van der Waals surface area (Å²) in [5, 5.41) is 2.94. The molecule has 2 aromatic rings. The normalized spacial score (nSPS) is 10.3. The van der Waals surface area contributed by atoms with Crippen LogP contribution in [0.4, 0.5) is 11.8 Å². The fraction of sp³-hybridized carbons (Fsp3) is 0.308. The number of anilines is 2. The van der Waals surface area contributed by atoms with Gasteiger partial charge in [0.05, 0.1) is 16.7 Å². The van der Waals surface area contributed by atoms with Gasteiger partial charge in [-0.25, -0.2) is 4.98 Å². The zero-order valence-electron chi connectivity index (χ0n) is 11.2. The van der Waals surface area contributed by atoms with Crippen molar-refractivity contribution >= 4 is 27.7 Å². The fourth-order valence-electron chi connectivity index (χ4n) is 1.75. The summed E-state index contributed by atoms with van der Waals surface area (Å²) in [5.41, 5.74) is 2.03. The molecule has 0 aromatic carbocycles. The molecule has 0 saturated carbocycles. The van der Waals surface area contributed by atoms with Crippen LogP contribution in [0.3, 0.4) is 0 Å². The molecule has 2 aromatic heterocycles. The van der Waals surface area contributed by atoms with E-state index in [1.807, 2.05) is 37.1 Å². The number of hydrogen-bond acceptors (Lipinski definition) is 5. The maximum atomic E-state index is 4.49. The second kappa shape index (κ2) is 5.97. The lowest BCUT2D eigenvalue weighted by molar-refractivity contribution is 0.852. The van der Waals surface area contributed by atoms with E-state index in [2.05, 4.69) is 36.2 Å². The molecule has 0 spiro atoms. The van der Waals surface area contributed by atoms with Crippen LogP contribution in [-0.4, -0.2) is 29.0 Å². The van der Waals surface area contributed by atoms with E-state index < -0.39 is 0 Å². The molecule has 0 aliphatic heterocycles. The Balaban J connectivity index is 2.22. The van der Waals surface area contributed by atoms with Gasteiger partial charge in [-0.15, -0.1) is 0 Å². The average molecular weight is 322 g/mol. The molecule has 0 fully saturated rings. The molecule has 1 N–H and O–H groups in total. The van der Waals surface area contributed by atoms with Crippen LogP contribution in [0, 0.1) is 6.92 Å². The Morgan fingerprint density at radius 1 is 1.32 bits per heavy atom. The van der Waals surface area contributed by atoms with E-state index in [9.17, 15) is 0 Å². The van der Waals surface area contributed by atoms with Crippen LogP contribution in [-0.2, 0) is 6.54 Å². The highest BCUT2D eigenvalue weighted by Crippen LogP contribution is 2.24. The second-order valence-corrected chi connectivity index (χ2v) is 5.10. The van der Waals surface area contributed by atoms with E-state index in [0.717, 1.165) is 21.7 Å². The van der Waals surface area contributed by atoms with Gasteiger partial charge in [-0.1, -0.05) is 6.07 Å². The Labute approximate surface area is 121 Å².